The minimum atomic E-state index is 0.611. The van der Waals surface area contributed by atoms with Gasteiger partial charge in [-0.25, -0.2) is 4.98 Å². The van der Waals surface area contributed by atoms with Crippen LogP contribution >= 0.6 is 11.6 Å². The van der Waals surface area contributed by atoms with Crippen LogP contribution in [0.4, 0.5) is 5.69 Å². The van der Waals surface area contributed by atoms with Crippen molar-refractivity contribution in [1.29, 1.82) is 0 Å². The van der Waals surface area contributed by atoms with E-state index in [1.54, 1.807) is 6.07 Å². The molecular weight excluding hydrogens is 238 g/mol. The summed E-state index contributed by atoms with van der Waals surface area (Å²) >= 11 is 5.93. The molecule has 0 aliphatic carbocycles. The maximum atomic E-state index is 5.93. The maximum absolute atomic E-state index is 5.93. The number of anilines is 1. The highest BCUT2D eigenvalue weighted by molar-refractivity contribution is 6.31. The minimum Gasteiger partial charge on any atom is -0.397 e. The molecule has 1 heterocycles. The third-order valence-corrected chi connectivity index (χ3v) is 2.75. The molecular formula is C12H16ClN3O. The summed E-state index contributed by atoms with van der Waals surface area (Å²) in [5, 5.41) is 0.625. The summed E-state index contributed by atoms with van der Waals surface area (Å²) in [5.74, 6) is 0.925. The number of nitrogens with zero attached hydrogens (tertiary/aromatic N) is 1. The monoisotopic (exact) mass is 253 g/mol. The van der Waals surface area contributed by atoms with Gasteiger partial charge in [0.1, 0.15) is 11.3 Å². The van der Waals surface area contributed by atoms with E-state index in [2.05, 4.69) is 9.97 Å². The van der Waals surface area contributed by atoms with Crippen molar-refractivity contribution < 1.29 is 4.74 Å². The molecule has 1 aromatic carbocycles. The topological polar surface area (TPSA) is 63.9 Å². The number of nitrogens with two attached hydrogens (primary N) is 1. The predicted octanol–water partition coefficient (Wildman–Crippen LogP) is 2.77. The van der Waals surface area contributed by atoms with Crippen molar-refractivity contribution in [3.8, 4) is 0 Å². The van der Waals surface area contributed by atoms with E-state index in [1.807, 2.05) is 13.0 Å². The second-order valence-corrected chi connectivity index (χ2v) is 4.31. The van der Waals surface area contributed by atoms with Crippen LogP contribution in [0.5, 0.6) is 0 Å². The van der Waals surface area contributed by atoms with Crippen LogP contribution in [0.2, 0.25) is 5.02 Å². The number of nitrogens with one attached hydrogen (secondary N) is 1. The van der Waals surface area contributed by atoms with Crippen LogP contribution in [-0.2, 0) is 11.2 Å². The first-order chi connectivity index (χ1) is 8.20. The highest BCUT2D eigenvalue weighted by Gasteiger charge is 2.06. The van der Waals surface area contributed by atoms with E-state index < -0.39 is 0 Å². The number of ether oxygens (including phenoxy) is 1. The molecule has 0 saturated carbocycles. The van der Waals surface area contributed by atoms with Gasteiger partial charge in [0.05, 0.1) is 11.2 Å². The molecule has 0 amide bonds. The Kier molecular flexibility index (Phi) is 3.86. The highest BCUT2D eigenvalue weighted by Crippen LogP contribution is 2.24. The van der Waals surface area contributed by atoms with Crippen molar-refractivity contribution in [1.82, 2.24) is 9.97 Å². The summed E-state index contributed by atoms with van der Waals surface area (Å²) in [6, 6.07) is 3.56. The lowest BCUT2D eigenvalue weighted by molar-refractivity contribution is 0.145. The molecule has 0 spiro atoms. The number of aromatic amines is 1. The summed E-state index contributed by atoms with van der Waals surface area (Å²) < 4.78 is 5.28. The number of rotatable bonds is 5. The van der Waals surface area contributed by atoms with Crippen LogP contribution in [0, 0.1) is 0 Å². The normalized spacial score (nSPS) is 11.2. The lowest BCUT2D eigenvalue weighted by Crippen LogP contribution is -1.97. The smallest absolute Gasteiger partial charge is 0.112 e. The molecule has 92 valence electrons. The number of hydrogen-bond acceptors (Lipinski definition) is 3. The molecule has 2 rings (SSSR count). The summed E-state index contributed by atoms with van der Waals surface area (Å²) in [5.41, 5.74) is 8.15. The van der Waals surface area contributed by atoms with Crippen LogP contribution in [-0.4, -0.2) is 23.2 Å². The van der Waals surface area contributed by atoms with E-state index in [1.165, 1.54) is 0 Å². The number of nitrogen functional groups attached to an aromatic ring is 1. The van der Waals surface area contributed by atoms with E-state index >= 15 is 0 Å². The van der Waals surface area contributed by atoms with Gasteiger partial charge >= 0.3 is 0 Å². The number of fused-ring (bicyclic) bond motifs is 1. The van der Waals surface area contributed by atoms with E-state index in [0.717, 1.165) is 42.9 Å². The molecule has 0 atom stereocenters. The first-order valence-corrected chi connectivity index (χ1v) is 6.10. The molecule has 2 aromatic rings. The van der Waals surface area contributed by atoms with Crippen LogP contribution in [0.1, 0.15) is 19.2 Å². The Morgan fingerprint density at radius 2 is 2.29 bits per heavy atom. The number of benzene rings is 1. The average Bonchev–Trinajstić information content (AvgIpc) is 2.67. The van der Waals surface area contributed by atoms with Gasteiger partial charge in [-0.15, -0.1) is 0 Å². The van der Waals surface area contributed by atoms with Gasteiger partial charge < -0.3 is 15.5 Å². The van der Waals surface area contributed by atoms with Gasteiger partial charge in [-0.3, -0.25) is 0 Å². The van der Waals surface area contributed by atoms with Crippen LogP contribution in [0.25, 0.3) is 11.0 Å². The number of imidazole rings is 1. The standard InChI is InChI=1S/C12H16ClN3O/c1-2-17-5-3-4-11-15-10-7-8(13)6-9(14)12(10)16-11/h6-7H,2-5,14H2,1H3,(H,15,16). The Bertz CT molecular complexity index is 510. The molecule has 4 nitrogen and oxygen atoms in total. The van der Waals surface area contributed by atoms with E-state index in [-0.39, 0.29) is 0 Å². The summed E-state index contributed by atoms with van der Waals surface area (Å²) in [4.78, 5) is 7.68. The molecule has 1 aromatic heterocycles. The fourth-order valence-corrected chi connectivity index (χ4v) is 1.99. The van der Waals surface area contributed by atoms with Crippen molar-refractivity contribution in [2.45, 2.75) is 19.8 Å². The maximum Gasteiger partial charge on any atom is 0.112 e. The van der Waals surface area contributed by atoms with Crippen LogP contribution < -0.4 is 5.73 Å². The average molecular weight is 254 g/mol. The minimum absolute atomic E-state index is 0.611. The largest absolute Gasteiger partial charge is 0.397 e. The molecule has 5 heteroatoms. The molecule has 0 unspecified atom stereocenters. The molecule has 0 fully saturated rings. The quantitative estimate of drug-likeness (QED) is 0.636. The molecule has 3 N–H and O–H groups in total. The van der Waals surface area contributed by atoms with Gasteiger partial charge in [-0.1, -0.05) is 11.6 Å². The number of halogens is 1. The van der Waals surface area contributed by atoms with Crippen LogP contribution in [0.3, 0.4) is 0 Å². The lowest BCUT2D eigenvalue weighted by atomic mass is 10.3. The zero-order chi connectivity index (χ0) is 12.3. The Morgan fingerprint density at radius 3 is 3.06 bits per heavy atom. The first-order valence-electron chi connectivity index (χ1n) is 5.72. The van der Waals surface area contributed by atoms with Crippen molar-refractivity contribution in [3.63, 3.8) is 0 Å². The van der Waals surface area contributed by atoms with Crippen molar-refractivity contribution in [2.24, 2.45) is 0 Å². The zero-order valence-corrected chi connectivity index (χ0v) is 10.5. The Hall–Kier alpha value is -1.26. The van der Waals surface area contributed by atoms with E-state index in [9.17, 15) is 0 Å². The number of H-pyrrole nitrogens is 1. The van der Waals surface area contributed by atoms with Gasteiger partial charge in [-0.2, -0.15) is 0 Å². The molecule has 0 aliphatic heterocycles. The predicted molar refractivity (Wildman–Crippen MR) is 70.3 cm³/mol. The SMILES string of the molecule is CCOCCCc1nc2c(N)cc(Cl)cc2[nH]1. The summed E-state index contributed by atoms with van der Waals surface area (Å²) in [7, 11) is 0. The van der Waals surface area contributed by atoms with Crippen molar-refractivity contribution in [3.05, 3.63) is 23.0 Å². The Balaban J connectivity index is 2.12. The number of aryl methyl sites for hydroxylation is 1. The zero-order valence-electron chi connectivity index (χ0n) is 9.79. The Labute approximate surface area is 105 Å². The molecule has 0 saturated heterocycles. The van der Waals surface area contributed by atoms with E-state index in [0.29, 0.717) is 10.7 Å². The van der Waals surface area contributed by atoms with Gasteiger partial charge in [0.15, 0.2) is 0 Å². The van der Waals surface area contributed by atoms with Crippen molar-refractivity contribution in [2.75, 3.05) is 18.9 Å². The highest BCUT2D eigenvalue weighted by atomic mass is 35.5. The number of aromatic nitrogens is 2. The number of hydrogen-bond donors (Lipinski definition) is 2. The van der Waals surface area contributed by atoms with Gasteiger partial charge in [0, 0.05) is 24.7 Å². The first kappa shape index (κ1) is 12.2. The van der Waals surface area contributed by atoms with Gasteiger partial charge in [-0.05, 0) is 25.5 Å². The summed E-state index contributed by atoms with van der Waals surface area (Å²) in [6.07, 6.45) is 1.80. The molecule has 0 bridgehead atoms. The second kappa shape index (κ2) is 5.38. The third-order valence-electron chi connectivity index (χ3n) is 2.54. The molecule has 17 heavy (non-hydrogen) atoms. The van der Waals surface area contributed by atoms with E-state index in [4.69, 9.17) is 22.1 Å². The molecule has 0 radical (unpaired) electrons. The van der Waals surface area contributed by atoms with Crippen LogP contribution in [0.15, 0.2) is 12.1 Å². The third kappa shape index (κ3) is 2.90. The second-order valence-electron chi connectivity index (χ2n) is 3.88. The van der Waals surface area contributed by atoms with Gasteiger partial charge in [0.25, 0.3) is 0 Å². The Morgan fingerprint density at radius 1 is 1.47 bits per heavy atom. The lowest BCUT2D eigenvalue weighted by Gasteiger charge is -1.98. The fraction of sp³-hybridized carbons (Fsp3) is 0.417. The summed E-state index contributed by atoms with van der Waals surface area (Å²) in [6.45, 7) is 3.50. The van der Waals surface area contributed by atoms with Gasteiger partial charge in [0.2, 0.25) is 0 Å². The molecule has 0 aliphatic rings. The fourth-order valence-electron chi connectivity index (χ4n) is 1.76. The van der Waals surface area contributed by atoms with Crippen molar-refractivity contribution >= 4 is 28.3 Å².